The Hall–Kier alpha value is -1.11. The Balaban J connectivity index is 0.00000441. The van der Waals surface area contributed by atoms with Gasteiger partial charge in [0, 0.05) is 6.54 Å². The Kier molecular flexibility index (Phi) is 8.66. The number of sulfonamides is 1. The first-order chi connectivity index (χ1) is 9.75. The first-order valence-electron chi connectivity index (χ1n) is 7.08. The van der Waals surface area contributed by atoms with Gasteiger partial charge in [0.1, 0.15) is 0 Å². The van der Waals surface area contributed by atoms with Gasteiger partial charge in [0.2, 0.25) is 15.9 Å². The van der Waals surface area contributed by atoms with Gasteiger partial charge < -0.3 is 5.73 Å². The van der Waals surface area contributed by atoms with E-state index in [4.69, 9.17) is 5.73 Å². The predicted octanol–water partition coefficient (Wildman–Crippen LogP) is 1.82. The van der Waals surface area contributed by atoms with Gasteiger partial charge in [-0.2, -0.15) is 0 Å². The summed E-state index contributed by atoms with van der Waals surface area (Å²) in [5.41, 5.74) is 7.20. The van der Waals surface area contributed by atoms with Crippen molar-refractivity contribution in [3.8, 4) is 0 Å². The number of nitrogens with two attached hydrogens (primary N) is 1. The largest absolute Gasteiger partial charge is 0.329 e. The standard InChI is InChI=1S/C15H24N2O3S.ClH/c1-11(2)10-13-4-6-14(7-5-13)12(3)15(18)17-21(19,20)9-8-16;/h4-7,11-12H,8-10,16H2,1-3H3,(H,17,18);1H. The fraction of sp³-hybridized carbons (Fsp3) is 0.533. The van der Waals surface area contributed by atoms with E-state index in [1.807, 2.05) is 24.3 Å². The Morgan fingerprint density at radius 2 is 1.73 bits per heavy atom. The van der Waals surface area contributed by atoms with Crippen molar-refractivity contribution in [2.24, 2.45) is 11.7 Å². The average Bonchev–Trinajstić information content (AvgIpc) is 2.37. The Labute approximate surface area is 139 Å². The minimum atomic E-state index is -3.63. The molecule has 0 aliphatic rings. The number of nitrogens with one attached hydrogen (secondary N) is 1. The molecule has 3 N–H and O–H groups in total. The van der Waals surface area contributed by atoms with Gasteiger partial charge in [-0.15, -0.1) is 12.4 Å². The van der Waals surface area contributed by atoms with Crippen molar-refractivity contribution in [1.29, 1.82) is 0 Å². The molecule has 22 heavy (non-hydrogen) atoms. The van der Waals surface area contributed by atoms with E-state index in [-0.39, 0.29) is 24.7 Å². The lowest BCUT2D eigenvalue weighted by atomic mass is 9.96. The molecular formula is C15H25ClN2O3S. The number of rotatable bonds is 7. The molecule has 0 aliphatic heterocycles. The smallest absolute Gasteiger partial charge is 0.240 e. The second-order valence-corrected chi connectivity index (χ2v) is 7.48. The third-order valence-electron chi connectivity index (χ3n) is 3.16. The zero-order chi connectivity index (χ0) is 16.0. The van der Waals surface area contributed by atoms with Crippen LogP contribution in [0.15, 0.2) is 24.3 Å². The summed E-state index contributed by atoms with van der Waals surface area (Å²) in [4.78, 5) is 12.0. The van der Waals surface area contributed by atoms with Crippen LogP contribution in [0.25, 0.3) is 0 Å². The third kappa shape index (κ3) is 6.77. The molecule has 0 aliphatic carbocycles. The third-order valence-corrected chi connectivity index (χ3v) is 4.44. The van der Waals surface area contributed by atoms with Crippen molar-refractivity contribution >= 4 is 28.3 Å². The molecule has 0 radical (unpaired) electrons. The SMILES string of the molecule is CC(C)Cc1ccc(C(C)C(=O)NS(=O)(=O)CCN)cc1.Cl. The number of hydrogen-bond acceptors (Lipinski definition) is 4. The van der Waals surface area contributed by atoms with E-state index in [2.05, 4.69) is 18.6 Å². The maximum atomic E-state index is 12.0. The second-order valence-electron chi connectivity index (χ2n) is 5.64. The Morgan fingerprint density at radius 3 is 2.18 bits per heavy atom. The predicted molar refractivity (Wildman–Crippen MR) is 91.6 cm³/mol. The molecule has 0 saturated carbocycles. The molecule has 5 nitrogen and oxygen atoms in total. The summed E-state index contributed by atoms with van der Waals surface area (Å²) in [6, 6.07) is 7.70. The maximum Gasteiger partial charge on any atom is 0.240 e. The molecule has 1 aromatic carbocycles. The molecule has 0 saturated heterocycles. The van der Waals surface area contributed by atoms with Crippen LogP contribution in [0.5, 0.6) is 0 Å². The summed E-state index contributed by atoms with van der Waals surface area (Å²) < 4.78 is 25.1. The van der Waals surface area contributed by atoms with Crippen LogP contribution in [-0.4, -0.2) is 26.6 Å². The van der Waals surface area contributed by atoms with Crippen molar-refractivity contribution < 1.29 is 13.2 Å². The lowest BCUT2D eigenvalue weighted by Gasteiger charge is -2.13. The molecule has 1 aromatic rings. The molecule has 1 unspecified atom stereocenters. The topological polar surface area (TPSA) is 89.3 Å². The summed E-state index contributed by atoms with van der Waals surface area (Å²) >= 11 is 0. The maximum absolute atomic E-state index is 12.0. The van der Waals surface area contributed by atoms with E-state index in [0.717, 1.165) is 12.0 Å². The first kappa shape index (κ1) is 20.9. The molecular weight excluding hydrogens is 324 g/mol. The monoisotopic (exact) mass is 348 g/mol. The highest BCUT2D eigenvalue weighted by Crippen LogP contribution is 2.18. The molecule has 0 bridgehead atoms. The second kappa shape index (κ2) is 9.12. The summed E-state index contributed by atoms with van der Waals surface area (Å²) in [5.74, 6) is -0.734. The molecule has 1 atom stereocenters. The van der Waals surface area contributed by atoms with Crippen molar-refractivity contribution in [1.82, 2.24) is 4.72 Å². The van der Waals surface area contributed by atoms with Crippen LogP contribution >= 0.6 is 12.4 Å². The zero-order valence-corrected chi connectivity index (χ0v) is 14.8. The van der Waals surface area contributed by atoms with Crippen molar-refractivity contribution in [3.05, 3.63) is 35.4 Å². The molecule has 0 spiro atoms. The number of benzene rings is 1. The van der Waals surface area contributed by atoms with Gasteiger partial charge >= 0.3 is 0 Å². The highest BCUT2D eigenvalue weighted by molar-refractivity contribution is 7.90. The Morgan fingerprint density at radius 1 is 1.18 bits per heavy atom. The minimum absolute atomic E-state index is 0. The normalized spacial score (nSPS) is 12.6. The molecule has 126 valence electrons. The van der Waals surface area contributed by atoms with E-state index in [1.54, 1.807) is 6.92 Å². The van der Waals surface area contributed by atoms with Gasteiger partial charge in [0.05, 0.1) is 11.7 Å². The first-order valence-corrected chi connectivity index (χ1v) is 8.73. The van der Waals surface area contributed by atoms with Gasteiger partial charge in [-0.05, 0) is 30.4 Å². The molecule has 0 fully saturated rings. The summed E-state index contributed by atoms with van der Waals surface area (Å²) in [6.07, 6.45) is 0.978. The lowest BCUT2D eigenvalue weighted by Crippen LogP contribution is -2.37. The van der Waals surface area contributed by atoms with Gasteiger partial charge in [0.25, 0.3) is 0 Å². The van der Waals surface area contributed by atoms with E-state index in [9.17, 15) is 13.2 Å². The van der Waals surface area contributed by atoms with E-state index in [1.165, 1.54) is 5.56 Å². The Bertz CT molecular complexity index is 571. The number of carbonyl (C=O) groups excluding carboxylic acids is 1. The quantitative estimate of drug-likeness (QED) is 0.786. The number of halogens is 1. The summed E-state index contributed by atoms with van der Waals surface area (Å²) in [6.45, 7) is 5.96. The van der Waals surface area contributed by atoms with Crippen LogP contribution in [0.4, 0.5) is 0 Å². The molecule has 1 rings (SSSR count). The van der Waals surface area contributed by atoms with Gasteiger partial charge in [-0.1, -0.05) is 38.1 Å². The van der Waals surface area contributed by atoms with Crippen LogP contribution in [0.1, 0.15) is 37.8 Å². The van der Waals surface area contributed by atoms with Crippen molar-refractivity contribution in [3.63, 3.8) is 0 Å². The van der Waals surface area contributed by atoms with E-state index in [0.29, 0.717) is 5.92 Å². The van der Waals surface area contributed by atoms with Crippen LogP contribution < -0.4 is 10.5 Å². The number of hydrogen-bond donors (Lipinski definition) is 2. The number of carbonyl (C=O) groups is 1. The van der Waals surface area contributed by atoms with Crippen molar-refractivity contribution in [2.75, 3.05) is 12.3 Å². The lowest BCUT2D eigenvalue weighted by molar-refractivity contribution is -0.120. The molecule has 0 aromatic heterocycles. The van der Waals surface area contributed by atoms with Crippen LogP contribution in [0.2, 0.25) is 0 Å². The number of amides is 1. The fourth-order valence-electron chi connectivity index (χ4n) is 2.01. The summed E-state index contributed by atoms with van der Waals surface area (Å²) in [7, 11) is -3.63. The average molecular weight is 349 g/mol. The van der Waals surface area contributed by atoms with Crippen LogP contribution in [-0.2, 0) is 21.2 Å². The molecule has 0 heterocycles. The van der Waals surface area contributed by atoms with Crippen molar-refractivity contribution in [2.45, 2.75) is 33.1 Å². The zero-order valence-electron chi connectivity index (χ0n) is 13.2. The van der Waals surface area contributed by atoms with Crippen LogP contribution in [0.3, 0.4) is 0 Å². The van der Waals surface area contributed by atoms with Crippen LogP contribution in [0, 0.1) is 5.92 Å². The highest BCUT2D eigenvalue weighted by Gasteiger charge is 2.20. The molecule has 7 heteroatoms. The van der Waals surface area contributed by atoms with Gasteiger partial charge in [-0.3, -0.25) is 9.52 Å². The summed E-state index contributed by atoms with van der Waals surface area (Å²) in [5, 5.41) is 0. The fourth-order valence-corrected chi connectivity index (χ4v) is 2.91. The highest BCUT2D eigenvalue weighted by atomic mass is 35.5. The van der Waals surface area contributed by atoms with E-state index >= 15 is 0 Å². The van der Waals surface area contributed by atoms with Gasteiger partial charge in [0.15, 0.2) is 0 Å². The molecule has 1 amide bonds. The minimum Gasteiger partial charge on any atom is -0.329 e. The van der Waals surface area contributed by atoms with Gasteiger partial charge in [-0.25, -0.2) is 8.42 Å². The van der Waals surface area contributed by atoms with E-state index < -0.39 is 21.8 Å².